The van der Waals surface area contributed by atoms with Crippen molar-refractivity contribution in [1.82, 2.24) is 0 Å². The van der Waals surface area contributed by atoms with Gasteiger partial charge in [0.2, 0.25) is 0 Å². The van der Waals surface area contributed by atoms with Crippen LogP contribution in [0.1, 0.15) is 26.7 Å². The van der Waals surface area contributed by atoms with E-state index in [4.69, 9.17) is 4.74 Å². The van der Waals surface area contributed by atoms with Crippen LogP contribution in [0.3, 0.4) is 0 Å². The number of ketones is 1. The van der Waals surface area contributed by atoms with Crippen molar-refractivity contribution in [2.24, 2.45) is 0 Å². The number of rotatable bonds is 4. The Balaban J connectivity index is 2.10. The maximum atomic E-state index is 10.5. The van der Waals surface area contributed by atoms with Crippen molar-refractivity contribution >= 4 is 5.78 Å². The molecule has 0 radical (unpaired) electrons. The van der Waals surface area contributed by atoms with E-state index in [1.165, 1.54) is 0 Å². The van der Waals surface area contributed by atoms with Crippen LogP contribution in [-0.4, -0.2) is 18.0 Å². The van der Waals surface area contributed by atoms with Gasteiger partial charge in [0.25, 0.3) is 0 Å². The van der Waals surface area contributed by atoms with Gasteiger partial charge in [-0.15, -0.1) is 0 Å². The number of carbonyl (C=O) groups excluding carboxylic acids is 1. The third kappa shape index (κ3) is 2.85. The Kier molecular flexibility index (Phi) is 2.83. The highest BCUT2D eigenvalue weighted by molar-refractivity contribution is 5.87. The van der Waals surface area contributed by atoms with Crippen molar-refractivity contribution < 1.29 is 9.53 Å². The highest BCUT2D eigenvalue weighted by atomic mass is 16.6. The van der Waals surface area contributed by atoms with Crippen LogP contribution >= 0.6 is 0 Å². The van der Waals surface area contributed by atoms with Gasteiger partial charge in [0.05, 0.1) is 12.2 Å². The van der Waals surface area contributed by atoms with Crippen LogP contribution in [0.25, 0.3) is 0 Å². The van der Waals surface area contributed by atoms with Gasteiger partial charge >= 0.3 is 0 Å². The van der Waals surface area contributed by atoms with Gasteiger partial charge < -0.3 is 4.74 Å². The molecule has 2 atom stereocenters. The minimum atomic E-state index is 0.110. The summed E-state index contributed by atoms with van der Waals surface area (Å²) in [6.45, 7) is 3.67. The quantitative estimate of drug-likeness (QED) is 0.455. The van der Waals surface area contributed by atoms with Crippen LogP contribution in [-0.2, 0) is 9.53 Å². The Morgan fingerprint density at radius 2 is 2.27 bits per heavy atom. The number of hydrogen-bond donors (Lipinski definition) is 0. The molecule has 2 nitrogen and oxygen atoms in total. The highest BCUT2D eigenvalue weighted by Gasteiger charge is 2.35. The summed E-state index contributed by atoms with van der Waals surface area (Å²) in [5.74, 6) is 0.110. The van der Waals surface area contributed by atoms with E-state index in [0.29, 0.717) is 12.2 Å². The Morgan fingerprint density at radius 3 is 2.73 bits per heavy atom. The molecule has 0 saturated carbocycles. The van der Waals surface area contributed by atoms with Crippen molar-refractivity contribution in [3.8, 4) is 0 Å². The molecule has 1 fully saturated rings. The molecule has 0 amide bonds. The van der Waals surface area contributed by atoms with Crippen molar-refractivity contribution in [2.75, 3.05) is 0 Å². The number of epoxide rings is 1. The summed E-state index contributed by atoms with van der Waals surface area (Å²) < 4.78 is 5.29. The first-order chi connectivity index (χ1) is 5.24. The molecule has 0 bridgehead atoms. The third-order valence-electron chi connectivity index (χ3n) is 1.81. The van der Waals surface area contributed by atoms with Crippen molar-refractivity contribution in [3.63, 3.8) is 0 Å². The van der Waals surface area contributed by atoms with Gasteiger partial charge in [-0.1, -0.05) is 13.0 Å². The van der Waals surface area contributed by atoms with Crippen LogP contribution in [0, 0.1) is 0 Å². The van der Waals surface area contributed by atoms with Crippen LogP contribution in [0.2, 0.25) is 0 Å². The Morgan fingerprint density at radius 1 is 1.55 bits per heavy atom. The first-order valence-electron chi connectivity index (χ1n) is 4.06. The molecule has 0 unspecified atom stereocenters. The summed E-state index contributed by atoms with van der Waals surface area (Å²) in [5, 5.41) is 0. The molecule has 0 N–H and O–H groups in total. The van der Waals surface area contributed by atoms with Gasteiger partial charge in [-0.05, 0) is 25.8 Å². The molecule has 1 heterocycles. The van der Waals surface area contributed by atoms with Gasteiger partial charge in [-0.25, -0.2) is 0 Å². The molecule has 1 aliphatic rings. The summed E-state index contributed by atoms with van der Waals surface area (Å²) in [6.07, 6.45) is 6.30. The number of allylic oxidation sites excluding steroid dienone is 1. The lowest BCUT2D eigenvalue weighted by molar-refractivity contribution is -0.112. The Bertz CT molecular complexity index is 172. The monoisotopic (exact) mass is 154 g/mol. The minimum absolute atomic E-state index is 0.110. The predicted octanol–water partition coefficient (Wildman–Crippen LogP) is 1.70. The van der Waals surface area contributed by atoms with Crippen molar-refractivity contribution in [3.05, 3.63) is 12.2 Å². The van der Waals surface area contributed by atoms with Crippen LogP contribution in [0.15, 0.2) is 12.2 Å². The smallest absolute Gasteiger partial charge is 0.152 e. The van der Waals surface area contributed by atoms with E-state index in [2.05, 4.69) is 6.92 Å². The van der Waals surface area contributed by atoms with Gasteiger partial charge in [0.1, 0.15) is 0 Å². The molecule has 1 rings (SSSR count). The molecule has 62 valence electrons. The van der Waals surface area contributed by atoms with E-state index in [-0.39, 0.29) is 5.78 Å². The largest absolute Gasteiger partial charge is 0.369 e. The van der Waals surface area contributed by atoms with E-state index < -0.39 is 0 Å². The standard InChI is InChI=1S/C9H14O2/c1-3-8-9(11-8)6-4-5-7(2)10/h4-5,8-9H,3,6H2,1-2H3/b5-4-/t8-,9+/m0/s1. The second-order valence-electron chi connectivity index (χ2n) is 2.87. The maximum Gasteiger partial charge on any atom is 0.152 e. The minimum Gasteiger partial charge on any atom is -0.369 e. The number of ether oxygens (including phenoxy) is 1. The Labute approximate surface area is 67.2 Å². The summed E-state index contributed by atoms with van der Waals surface area (Å²) in [5.41, 5.74) is 0. The van der Waals surface area contributed by atoms with E-state index in [0.717, 1.165) is 12.8 Å². The van der Waals surface area contributed by atoms with Gasteiger partial charge in [0, 0.05) is 0 Å². The van der Waals surface area contributed by atoms with Crippen LogP contribution < -0.4 is 0 Å². The Hall–Kier alpha value is -0.630. The molecular formula is C9H14O2. The fourth-order valence-corrected chi connectivity index (χ4v) is 1.11. The third-order valence-corrected chi connectivity index (χ3v) is 1.81. The maximum absolute atomic E-state index is 10.5. The number of carbonyl (C=O) groups is 1. The average molecular weight is 154 g/mol. The molecule has 11 heavy (non-hydrogen) atoms. The van der Waals surface area contributed by atoms with Crippen LogP contribution in [0.4, 0.5) is 0 Å². The second-order valence-corrected chi connectivity index (χ2v) is 2.87. The molecule has 0 aliphatic carbocycles. The summed E-state index contributed by atoms with van der Waals surface area (Å²) in [7, 11) is 0. The lowest BCUT2D eigenvalue weighted by Crippen LogP contribution is -1.90. The highest BCUT2D eigenvalue weighted by Crippen LogP contribution is 2.27. The van der Waals surface area contributed by atoms with Gasteiger partial charge in [-0.2, -0.15) is 0 Å². The molecule has 0 aromatic heterocycles. The first-order valence-corrected chi connectivity index (χ1v) is 4.06. The molecule has 1 aliphatic heterocycles. The molecule has 2 heteroatoms. The number of hydrogen-bond acceptors (Lipinski definition) is 2. The van der Waals surface area contributed by atoms with E-state index in [1.807, 2.05) is 6.08 Å². The van der Waals surface area contributed by atoms with E-state index in [1.54, 1.807) is 13.0 Å². The first kappa shape index (κ1) is 8.47. The average Bonchev–Trinajstić information content (AvgIpc) is 2.66. The van der Waals surface area contributed by atoms with Crippen molar-refractivity contribution in [2.45, 2.75) is 38.9 Å². The molecular weight excluding hydrogens is 140 g/mol. The van der Waals surface area contributed by atoms with Crippen LogP contribution in [0.5, 0.6) is 0 Å². The normalized spacial score (nSPS) is 29.3. The lowest BCUT2D eigenvalue weighted by Gasteiger charge is -1.83. The fourth-order valence-electron chi connectivity index (χ4n) is 1.11. The van der Waals surface area contributed by atoms with E-state index >= 15 is 0 Å². The summed E-state index contributed by atoms with van der Waals surface area (Å²) in [6, 6.07) is 0. The zero-order valence-electron chi connectivity index (χ0n) is 7.04. The summed E-state index contributed by atoms with van der Waals surface area (Å²) >= 11 is 0. The second kappa shape index (κ2) is 3.67. The van der Waals surface area contributed by atoms with Gasteiger partial charge in [-0.3, -0.25) is 4.79 Å². The molecule has 0 aromatic rings. The predicted molar refractivity (Wildman–Crippen MR) is 43.4 cm³/mol. The topological polar surface area (TPSA) is 29.6 Å². The fraction of sp³-hybridized carbons (Fsp3) is 0.667. The zero-order chi connectivity index (χ0) is 8.27. The van der Waals surface area contributed by atoms with Crippen molar-refractivity contribution in [1.29, 1.82) is 0 Å². The molecule has 0 aromatic carbocycles. The molecule has 1 saturated heterocycles. The lowest BCUT2D eigenvalue weighted by atomic mass is 10.2. The SMILES string of the molecule is CC[C@@H]1O[C@@H]1C/C=C\C(C)=O. The van der Waals surface area contributed by atoms with Gasteiger partial charge in [0.15, 0.2) is 5.78 Å². The zero-order valence-corrected chi connectivity index (χ0v) is 7.04. The summed E-state index contributed by atoms with van der Waals surface area (Å²) in [4.78, 5) is 10.5. The molecule has 0 spiro atoms. The van der Waals surface area contributed by atoms with E-state index in [9.17, 15) is 4.79 Å².